The monoisotopic (exact) mass is 505 g/mol. The summed E-state index contributed by atoms with van der Waals surface area (Å²) in [5.41, 5.74) is 2.05. The Hall–Kier alpha value is -4.58. The Kier molecular flexibility index (Phi) is 6.41. The second-order valence-corrected chi connectivity index (χ2v) is 8.15. The molecule has 36 heavy (non-hydrogen) atoms. The maximum absolute atomic E-state index is 12.9. The molecule has 0 amide bonds. The molecule has 0 saturated carbocycles. The zero-order valence-corrected chi connectivity index (χ0v) is 20.0. The van der Waals surface area contributed by atoms with E-state index < -0.39 is 6.04 Å². The Morgan fingerprint density at radius 3 is 2.86 bits per heavy atom. The molecule has 1 atom stereocenters. The molecule has 0 bridgehead atoms. The summed E-state index contributed by atoms with van der Waals surface area (Å²) in [6.45, 7) is 2.08. The predicted molar refractivity (Wildman–Crippen MR) is 131 cm³/mol. The minimum atomic E-state index is -0.430. The van der Waals surface area contributed by atoms with Crippen LogP contribution >= 0.6 is 11.6 Å². The molecule has 12 nitrogen and oxygen atoms in total. The van der Waals surface area contributed by atoms with Crippen LogP contribution in [0.3, 0.4) is 0 Å². The van der Waals surface area contributed by atoms with E-state index in [4.69, 9.17) is 21.1 Å². The highest BCUT2D eigenvalue weighted by Gasteiger charge is 2.16. The molecule has 0 radical (unpaired) electrons. The number of benzene rings is 1. The Labute approximate surface area is 209 Å². The largest absolute Gasteiger partial charge is 0.486 e. The van der Waals surface area contributed by atoms with E-state index in [1.54, 1.807) is 24.4 Å². The van der Waals surface area contributed by atoms with Crippen LogP contribution in [0.25, 0.3) is 16.6 Å². The number of methoxy groups -OCH3 is 1. The fourth-order valence-corrected chi connectivity index (χ4v) is 3.80. The molecule has 5 aromatic rings. The van der Waals surface area contributed by atoms with Crippen LogP contribution in [0.15, 0.2) is 59.9 Å². The number of hydrogen-bond donors (Lipinski definition) is 2. The highest BCUT2D eigenvalue weighted by molar-refractivity contribution is 6.32. The van der Waals surface area contributed by atoms with E-state index in [-0.39, 0.29) is 24.0 Å². The van der Waals surface area contributed by atoms with E-state index in [1.165, 1.54) is 24.3 Å². The van der Waals surface area contributed by atoms with Crippen molar-refractivity contribution >= 4 is 28.5 Å². The average Bonchev–Trinajstić information content (AvgIpc) is 3.43. The van der Waals surface area contributed by atoms with Crippen LogP contribution < -0.4 is 20.3 Å². The maximum atomic E-state index is 12.9. The highest BCUT2D eigenvalue weighted by atomic mass is 35.5. The second kappa shape index (κ2) is 9.96. The number of rotatable bonds is 8. The molecule has 2 N–H and O–H groups in total. The maximum Gasteiger partial charge on any atom is 0.253 e. The lowest BCUT2D eigenvalue weighted by Gasteiger charge is -2.16. The van der Waals surface area contributed by atoms with Crippen LogP contribution in [0.4, 0.5) is 5.95 Å². The first-order chi connectivity index (χ1) is 17.5. The minimum absolute atomic E-state index is 0.255. The number of tetrazole rings is 1. The summed E-state index contributed by atoms with van der Waals surface area (Å²) in [6, 6.07) is 10.4. The lowest BCUT2D eigenvalue weighted by atomic mass is 10.1. The normalized spacial score (nSPS) is 11.9. The number of aromatic nitrogens is 8. The van der Waals surface area contributed by atoms with Crippen LogP contribution in [0.5, 0.6) is 11.6 Å². The number of fused-ring (bicyclic) bond motifs is 1. The van der Waals surface area contributed by atoms with Crippen molar-refractivity contribution in [2.45, 2.75) is 19.6 Å². The van der Waals surface area contributed by atoms with Crippen molar-refractivity contribution in [1.29, 1.82) is 0 Å². The topological polar surface area (TPSA) is 146 Å². The third-order valence-electron chi connectivity index (χ3n) is 5.36. The van der Waals surface area contributed by atoms with Gasteiger partial charge in [0.2, 0.25) is 11.8 Å². The molecule has 182 valence electrons. The molecule has 0 spiro atoms. The fraction of sp³-hybridized carbons (Fsp3) is 0.174. The van der Waals surface area contributed by atoms with Gasteiger partial charge in [-0.15, -0.1) is 5.10 Å². The van der Waals surface area contributed by atoms with Crippen molar-refractivity contribution in [2.24, 2.45) is 0 Å². The van der Waals surface area contributed by atoms with Crippen molar-refractivity contribution in [1.82, 2.24) is 40.1 Å². The summed E-state index contributed by atoms with van der Waals surface area (Å²) < 4.78 is 12.5. The number of H-pyrrole nitrogens is 1. The zero-order valence-electron chi connectivity index (χ0n) is 19.2. The van der Waals surface area contributed by atoms with Gasteiger partial charge < -0.3 is 19.8 Å². The quantitative estimate of drug-likeness (QED) is 0.322. The van der Waals surface area contributed by atoms with E-state index >= 15 is 0 Å². The van der Waals surface area contributed by atoms with Gasteiger partial charge in [0.1, 0.15) is 24.4 Å². The summed E-state index contributed by atoms with van der Waals surface area (Å²) in [5.74, 6) is 0.990. The Balaban J connectivity index is 1.38. The SMILES string of the molecule is COc1nc(N[C@@H](C)c2cc3cc(Cl)c(OCc4ccccn4)cc3[nH]c2=O)ncc1-n1cnnn1. The van der Waals surface area contributed by atoms with E-state index in [9.17, 15) is 4.79 Å². The van der Waals surface area contributed by atoms with Crippen molar-refractivity contribution in [3.8, 4) is 17.3 Å². The van der Waals surface area contributed by atoms with Gasteiger partial charge in [-0.2, -0.15) is 9.67 Å². The third kappa shape index (κ3) is 4.79. The third-order valence-corrected chi connectivity index (χ3v) is 5.66. The van der Waals surface area contributed by atoms with Crippen LogP contribution in [-0.4, -0.2) is 47.3 Å². The van der Waals surface area contributed by atoms with E-state index in [1.807, 2.05) is 25.1 Å². The van der Waals surface area contributed by atoms with Crippen LogP contribution in [0, 0.1) is 0 Å². The Bertz CT molecular complexity index is 1560. The number of nitrogens with one attached hydrogen (secondary N) is 2. The van der Waals surface area contributed by atoms with Gasteiger partial charge in [0, 0.05) is 23.2 Å². The number of halogens is 1. The summed E-state index contributed by atoms with van der Waals surface area (Å²) in [4.78, 5) is 28.7. The van der Waals surface area contributed by atoms with Crippen molar-refractivity contribution < 1.29 is 9.47 Å². The molecule has 0 aliphatic carbocycles. The predicted octanol–water partition coefficient (Wildman–Crippen LogP) is 3.10. The first-order valence-corrected chi connectivity index (χ1v) is 11.2. The second-order valence-electron chi connectivity index (χ2n) is 7.74. The number of nitrogens with zero attached hydrogens (tertiary/aromatic N) is 7. The van der Waals surface area contributed by atoms with Gasteiger partial charge in [-0.25, -0.2) is 4.98 Å². The van der Waals surface area contributed by atoms with Crippen molar-refractivity contribution in [3.05, 3.63) is 81.8 Å². The summed E-state index contributed by atoms with van der Waals surface area (Å²) in [6.07, 6.45) is 4.62. The molecule has 13 heteroatoms. The zero-order chi connectivity index (χ0) is 25.1. The number of hydrogen-bond acceptors (Lipinski definition) is 10. The Morgan fingerprint density at radius 2 is 2.11 bits per heavy atom. The molecule has 0 aliphatic heterocycles. The molecule has 5 rings (SSSR count). The summed E-state index contributed by atoms with van der Waals surface area (Å²) >= 11 is 6.46. The number of aromatic amines is 1. The first kappa shape index (κ1) is 23.2. The smallest absolute Gasteiger partial charge is 0.253 e. The molecule has 0 fully saturated rings. The lowest BCUT2D eigenvalue weighted by molar-refractivity contribution is 0.302. The summed E-state index contributed by atoms with van der Waals surface area (Å²) in [5, 5.41) is 15.3. The van der Waals surface area contributed by atoms with Gasteiger partial charge in [-0.1, -0.05) is 17.7 Å². The van der Waals surface area contributed by atoms with Gasteiger partial charge in [0.15, 0.2) is 0 Å². The number of anilines is 1. The van der Waals surface area contributed by atoms with Gasteiger partial charge in [0.05, 0.1) is 35.6 Å². The van der Waals surface area contributed by atoms with E-state index in [0.29, 0.717) is 27.5 Å². The van der Waals surface area contributed by atoms with Crippen molar-refractivity contribution in [2.75, 3.05) is 12.4 Å². The van der Waals surface area contributed by atoms with Crippen LogP contribution in [0.2, 0.25) is 5.02 Å². The molecule has 4 aromatic heterocycles. The molecule has 4 heterocycles. The lowest BCUT2D eigenvalue weighted by Crippen LogP contribution is -2.20. The van der Waals surface area contributed by atoms with Crippen LogP contribution in [0.1, 0.15) is 24.2 Å². The highest BCUT2D eigenvalue weighted by Crippen LogP contribution is 2.30. The van der Waals surface area contributed by atoms with Gasteiger partial charge in [-0.3, -0.25) is 9.78 Å². The molecule has 0 saturated heterocycles. The average molecular weight is 506 g/mol. The minimum Gasteiger partial charge on any atom is -0.486 e. The molecular weight excluding hydrogens is 486 g/mol. The van der Waals surface area contributed by atoms with Gasteiger partial charge in [-0.05, 0) is 41.6 Å². The van der Waals surface area contributed by atoms with Gasteiger partial charge >= 0.3 is 0 Å². The van der Waals surface area contributed by atoms with E-state index in [2.05, 4.69) is 40.8 Å². The van der Waals surface area contributed by atoms with Crippen molar-refractivity contribution in [3.63, 3.8) is 0 Å². The fourth-order valence-electron chi connectivity index (χ4n) is 3.57. The molecule has 0 unspecified atom stereocenters. The summed E-state index contributed by atoms with van der Waals surface area (Å²) in [7, 11) is 1.48. The molecular formula is C23H20ClN9O3. The molecule has 0 aliphatic rings. The standard InChI is InChI=1S/C23H20ClN9O3/c1-13(28-23-26-10-19(22(30-23)35-2)33-12-27-31-32-33)16-7-14-8-17(24)20(9-18(14)29-21(16)34)36-11-15-5-3-4-6-25-15/h3-10,12-13H,11H2,1-2H3,(H,29,34)(H,26,28,30)/t13-/m0/s1. The van der Waals surface area contributed by atoms with Crippen LogP contribution in [-0.2, 0) is 6.61 Å². The Morgan fingerprint density at radius 1 is 1.22 bits per heavy atom. The van der Waals surface area contributed by atoms with E-state index in [0.717, 1.165) is 11.1 Å². The number of ether oxygens (including phenoxy) is 2. The molecule has 1 aromatic carbocycles. The number of pyridine rings is 2. The first-order valence-electron chi connectivity index (χ1n) is 10.8. The van der Waals surface area contributed by atoms with Gasteiger partial charge in [0.25, 0.3) is 5.56 Å².